The van der Waals surface area contributed by atoms with Crippen LogP contribution in [0, 0.1) is 0 Å². The summed E-state index contributed by atoms with van der Waals surface area (Å²) in [5.74, 6) is 0.997. The van der Waals surface area contributed by atoms with Crippen molar-refractivity contribution in [3.05, 3.63) is 29.8 Å². The molecule has 4 nitrogen and oxygen atoms in total. The highest BCUT2D eigenvalue weighted by Gasteiger charge is 2.38. The average Bonchev–Trinajstić information content (AvgIpc) is 2.97. The van der Waals surface area contributed by atoms with Gasteiger partial charge in [0.15, 0.2) is 0 Å². The van der Waals surface area contributed by atoms with Gasteiger partial charge in [0.1, 0.15) is 5.75 Å². The van der Waals surface area contributed by atoms with Gasteiger partial charge in [-0.05, 0) is 49.9 Å². The molecule has 1 aliphatic rings. The summed E-state index contributed by atoms with van der Waals surface area (Å²) < 4.78 is 5.20. The van der Waals surface area contributed by atoms with Gasteiger partial charge in [-0.15, -0.1) is 0 Å². The minimum absolute atomic E-state index is 0.139. The standard InChI is InChI=1S/C16H24N2O2/c1-3-16(9-5-10-18-16)15(19)17-11-8-13-6-4-7-14(12-13)20-2/h4,6-7,12,18H,3,5,8-11H2,1-2H3,(H,17,19). The summed E-state index contributed by atoms with van der Waals surface area (Å²) in [4.78, 5) is 12.3. The van der Waals surface area contributed by atoms with Gasteiger partial charge < -0.3 is 15.4 Å². The van der Waals surface area contributed by atoms with Gasteiger partial charge in [0.05, 0.1) is 12.6 Å². The Morgan fingerprint density at radius 1 is 1.50 bits per heavy atom. The summed E-state index contributed by atoms with van der Waals surface area (Å²) in [6, 6.07) is 7.96. The number of ether oxygens (including phenoxy) is 1. The second kappa shape index (κ2) is 6.75. The van der Waals surface area contributed by atoms with Crippen LogP contribution in [-0.4, -0.2) is 31.6 Å². The zero-order chi connectivity index (χ0) is 14.4. The number of nitrogens with one attached hydrogen (secondary N) is 2. The van der Waals surface area contributed by atoms with E-state index in [0.717, 1.165) is 38.0 Å². The Balaban J connectivity index is 1.84. The van der Waals surface area contributed by atoms with E-state index in [1.54, 1.807) is 7.11 Å². The Hall–Kier alpha value is -1.55. The smallest absolute Gasteiger partial charge is 0.240 e. The maximum absolute atomic E-state index is 12.3. The molecule has 0 aromatic heterocycles. The van der Waals surface area contributed by atoms with E-state index in [1.165, 1.54) is 5.56 Å². The molecule has 1 aromatic carbocycles. The van der Waals surface area contributed by atoms with Gasteiger partial charge in [0.2, 0.25) is 5.91 Å². The molecule has 110 valence electrons. The van der Waals surface area contributed by atoms with Crippen LogP contribution in [0.5, 0.6) is 5.75 Å². The van der Waals surface area contributed by atoms with Crippen LogP contribution in [0.2, 0.25) is 0 Å². The monoisotopic (exact) mass is 276 g/mol. The first-order valence-electron chi connectivity index (χ1n) is 7.36. The third-order valence-electron chi connectivity index (χ3n) is 4.12. The van der Waals surface area contributed by atoms with Crippen LogP contribution in [-0.2, 0) is 11.2 Å². The van der Waals surface area contributed by atoms with Crippen molar-refractivity contribution in [2.45, 2.75) is 38.1 Å². The summed E-state index contributed by atoms with van der Waals surface area (Å²) in [7, 11) is 1.66. The van der Waals surface area contributed by atoms with Gasteiger partial charge in [-0.2, -0.15) is 0 Å². The third kappa shape index (κ3) is 3.31. The van der Waals surface area contributed by atoms with E-state index < -0.39 is 0 Å². The Kier molecular flexibility index (Phi) is 5.01. The van der Waals surface area contributed by atoms with Crippen molar-refractivity contribution in [3.63, 3.8) is 0 Å². The highest BCUT2D eigenvalue weighted by Crippen LogP contribution is 2.23. The zero-order valence-electron chi connectivity index (χ0n) is 12.4. The topological polar surface area (TPSA) is 50.4 Å². The fourth-order valence-corrected chi connectivity index (χ4v) is 2.78. The molecule has 1 saturated heterocycles. The van der Waals surface area contributed by atoms with Crippen LogP contribution in [0.4, 0.5) is 0 Å². The number of benzene rings is 1. The molecule has 0 bridgehead atoms. The minimum Gasteiger partial charge on any atom is -0.497 e. The molecule has 2 N–H and O–H groups in total. The average molecular weight is 276 g/mol. The minimum atomic E-state index is -0.339. The SMILES string of the molecule is CCC1(C(=O)NCCc2cccc(OC)c2)CCCN1. The summed E-state index contributed by atoms with van der Waals surface area (Å²) in [5, 5.41) is 6.41. The maximum atomic E-state index is 12.3. The highest BCUT2D eigenvalue weighted by molar-refractivity contribution is 5.86. The van der Waals surface area contributed by atoms with Crippen LogP contribution in [0.15, 0.2) is 24.3 Å². The molecule has 0 radical (unpaired) electrons. The third-order valence-corrected chi connectivity index (χ3v) is 4.12. The summed E-state index contributed by atoms with van der Waals surface area (Å²) in [6.45, 7) is 3.67. The second-order valence-corrected chi connectivity index (χ2v) is 5.32. The lowest BCUT2D eigenvalue weighted by Crippen LogP contribution is -2.53. The summed E-state index contributed by atoms with van der Waals surface area (Å²) >= 11 is 0. The lowest BCUT2D eigenvalue weighted by Gasteiger charge is -2.26. The predicted molar refractivity (Wildman–Crippen MR) is 80.0 cm³/mol. The van der Waals surface area contributed by atoms with Gasteiger partial charge in [-0.1, -0.05) is 19.1 Å². The number of methoxy groups -OCH3 is 1. The number of carbonyl (C=O) groups excluding carboxylic acids is 1. The molecule has 1 fully saturated rings. The molecular formula is C16H24N2O2. The number of amides is 1. The van der Waals surface area contributed by atoms with Crippen molar-refractivity contribution < 1.29 is 9.53 Å². The van der Waals surface area contributed by atoms with Gasteiger partial charge in [-0.3, -0.25) is 4.79 Å². The van der Waals surface area contributed by atoms with Crippen molar-refractivity contribution in [2.75, 3.05) is 20.2 Å². The van der Waals surface area contributed by atoms with Crippen molar-refractivity contribution in [3.8, 4) is 5.75 Å². The van der Waals surface area contributed by atoms with Crippen molar-refractivity contribution >= 4 is 5.91 Å². The Bertz CT molecular complexity index is 454. The Labute approximate surface area is 120 Å². The molecule has 1 heterocycles. The molecule has 0 saturated carbocycles. The quantitative estimate of drug-likeness (QED) is 0.834. The van der Waals surface area contributed by atoms with Crippen LogP contribution >= 0.6 is 0 Å². The largest absolute Gasteiger partial charge is 0.497 e. The Morgan fingerprint density at radius 3 is 3.00 bits per heavy atom. The van der Waals surface area contributed by atoms with E-state index in [9.17, 15) is 4.79 Å². The number of carbonyl (C=O) groups is 1. The molecular weight excluding hydrogens is 252 g/mol. The summed E-state index contributed by atoms with van der Waals surface area (Å²) in [5.41, 5.74) is 0.837. The number of hydrogen-bond acceptors (Lipinski definition) is 3. The fourth-order valence-electron chi connectivity index (χ4n) is 2.78. The van der Waals surface area contributed by atoms with Gasteiger partial charge in [0.25, 0.3) is 0 Å². The zero-order valence-corrected chi connectivity index (χ0v) is 12.4. The van der Waals surface area contributed by atoms with Crippen molar-refractivity contribution in [1.82, 2.24) is 10.6 Å². The van der Waals surface area contributed by atoms with Crippen LogP contribution in [0.3, 0.4) is 0 Å². The maximum Gasteiger partial charge on any atom is 0.240 e. The second-order valence-electron chi connectivity index (χ2n) is 5.32. The van der Waals surface area contributed by atoms with Crippen molar-refractivity contribution in [2.24, 2.45) is 0 Å². The normalized spacial score (nSPS) is 21.7. The van der Waals surface area contributed by atoms with Crippen LogP contribution in [0.25, 0.3) is 0 Å². The van der Waals surface area contributed by atoms with E-state index in [4.69, 9.17) is 4.74 Å². The van der Waals surface area contributed by atoms with Gasteiger partial charge in [0, 0.05) is 6.54 Å². The molecule has 1 unspecified atom stereocenters. The molecule has 2 rings (SSSR count). The lowest BCUT2D eigenvalue weighted by molar-refractivity contribution is -0.127. The molecule has 20 heavy (non-hydrogen) atoms. The molecule has 0 spiro atoms. The lowest BCUT2D eigenvalue weighted by atomic mass is 9.93. The first-order valence-corrected chi connectivity index (χ1v) is 7.36. The van der Waals surface area contributed by atoms with E-state index in [1.807, 2.05) is 18.2 Å². The molecule has 1 aliphatic heterocycles. The fraction of sp³-hybridized carbons (Fsp3) is 0.562. The van der Waals surface area contributed by atoms with Crippen molar-refractivity contribution in [1.29, 1.82) is 0 Å². The first kappa shape index (κ1) is 14.9. The molecule has 1 aromatic rings. The highest BCUT2D eigenvalue weighted by atomic mass is 16.5. The van der Waals surface area contributed by atoms with Crippen LogP contribution in [0.1, 0.15) is 31.7 Å². The molecule has 1 amide bonds. The van der Waals surface area contributed by atoms with Gasteiger partial charge >= 0.3 is 0 Å². The van der Waals surface area contributed by atoms with E-state index in [2.05, 4.69) is 23.6 Å². The summed E-state index contributed by atoms with van der Waals surface area (Å²) in [6.07, 6.45) is 3.69. The Morgan fingerprint density at radius 2 is 2.35 bits per heavy atom. The van der Waals surface area contributed by atoms with Gasteiger partial charge in [-0.25, -0.2) is 0 Å². The molecule has 4 heteroatoms. The van der Waals surface area contributed by atoms with E-state index in [0.29, 0.717) is 6.54 Å². The number of hydrogen-bond donors (Lipinski definition) is 2. The first-order chi connectivity index (χ1) is 9.70. The van der Waals surface area contributed by atoms with Crippen LogP contribution < -0.4 is 15.4 Å². The number of rotatable bonds is 6. The molecule has 1 atom stereocenters. The van der Waals surface area contributed by atoms with E-state index in [-0.39, 0.29) is 11.4 Å². The van der Waals surface area contributed by atoms with E-state index >= 15 is 0 Å². The molecule has 0 aliphatic carbocycles. The predicted octanol–water partition coefficient (Wildman–Crippen LogP) is 1.89.